The lowest BCUT2D eigenvalue weighted by Gasteiger charge is -2.23. The van der Waals surface area contributed by atoms with E-state index in [1.807, 2.05) is 13.8 Å². The van der Waals surface area contributed by atoms with Crippen molar-refractivity contribution in [3.8, 4) is 43.4 Å². The molecule has 1 aliphatic rings. The van der Waals surface area contributed by atoms with Crippen molar-refractivity contribution in [2.24, 2.45) is 5.92 Å². The number of fused-ring (bicyclic) bond motifs is 14. The lowest BCUT2D eigenvalue weighted by Crippen LogP contribution is -2.40. The number of carbonyl (C=O) groups is 7. The summed E-state index contributed by atoms with van der Waals surface area (Å²) < 4.78 is 10.7. The zero-order chi connectivity index (χ0) is 58.9. The fourth-order valence-electron chi connectivity index (χ4n) is 8.33. The zero-order valence-electron chi connectivity index (χ0n) is 44.8. The molecule has 0 saturated carbocycles. The minimum Gasteiger partial charge on any atom is -0.481 e. The van der Waals surface area contributed by atoms with Gasteiger partial charge in [0.2, 0.25) is 11.8 Å². The molecule has 0 fully saturated rings. The molecule has 7 aromatic heterocycles. The fourth-order valence-corrected chi connectivity index (χ4v) is 13.8. The van der Waals surface area contributed by atoms with Crippen molar-refractivity contribution in [1.29, 1.82) is 0 Å². The van der Waals surface area contributed by atoms with Crippen LogP contribution < -0.4 is 31.9 Å². The van der Waals surface area contributed by atoms with Crippen molar-refractivity contribution in [3.63, 3.8) is 0 Å². The number of hydrogen-bond acceptors (Lipinski definition) is 23. The van der Waals surface area contributed by atoms with E-state index in [-0.39, 0.29) is 59.9 Å². The molecule has 0 radical (unpaired) electrons. The third-order valence-electron chi connectivity index (χ3n) is 12.5. The molecule has 83 heavy (non-hydrogen) atoms. The first kappa shape index (κ1) is 59.8. The first-order chi connectivity index (χ1) is 40.0. The molecule has 432 valence electrons. The lowest BCUT2D eigenvalue weighted by molar-refractivity contribution is -0.137. The number of nitrogens with one attached hydrogen (secondary N) is 6. The fraction of sp³-hybridized carbons (Fsp3) is 0.321. The van der Waals surface area contributed by atoms with E-state index in [2.05, 4.69) is 46.9 Å². The van der Waals surface area contributed by atoms with E-state index in [4.69, 9.17) is 34.5 Å². The minimum atomic E-state index is -1.28. The first-order valence-electron chi connectivity index (χ1n) is 25.6. The third-order valence-corrected chi connectivity index (χ3v) is 18.2. The van der Waals surface area contributed by atoms with E-state index >= 15 is 0 Å². The van der Waals surface area contributed by atoms with Crippen LogP contribution in [0.2, 0.25) is 0 Å². The van der Waals surface area contributed by atoms with Crippen molar-refractivity contribution in [1.82, 2.24) is 61.5 Å². The Balaban J connectivity index is 1.10. The molecule has 24 nitrogen and oxygen atoms in total. The predicted octanol–water partition coefficient (Wildman–Crippen LogP) is 8.12. The number of aliphatic hydroxyl groups is 1. The van der Waals surface area contributed by atoms with Gasteiger partial charge in [0.25, 0.3) is 17.7 Å². The number of thiazole rings is 6. The number of ether oxygens (including phenoxy) is 2. The number of aryl methyl sites for hydroxylation is 1. The number of carboxylic acids is 1. The number of aliphatic hydroxyl groups excluding tert-OH is 1. The number of aromatic nitrogens is 7. The SMILES string of the molecule is CNC(=O)C[C@@H]1NC(=O)c2csc(n2)-c2ccc(-c3nc(NC(=O)OCCCCC(=O)O)cs3)nc2-c2csc(n2)-c2csc(n2)[C@H]([C@@H](O)c2ccccc2)NC(=O)CNC(=O)c2nc(sc2COC)[C@H](C(C)C)NC(=O)c2nc1sc2C. The highest BCUT2D eigenvalue weighted by Crippen LogP contribution is 2.40. The van der Waals surface area contributed by atoms with E-state index in [1.165, 1.54) is 48.2 Å². The number of rotatable bonds is 14. The standard InChI is InChI=1S/C53H53N13O11S6/c1-24(2)38-52-66-41(33(83-52)19-76-5)45(73)55-18-36(68)63-42(43(71)26-11-7-6-8-12-26)51-60-32(22-80-51)49-58-30(20-79-49)40-27(14-15-28(56-40)48-61-34(23-81-48)62-53(75)77-16-10-9-13-37(69)70)47-59-31(21-78-47)44(72)57-29(17-35(67)54-4)50-65-39(25(3)82-50)46(74)64-38/h6-8,11-12,14-15,20-24,29,38,42-43,71H,9-10,13,16-19H2,1-5H3,(H,54,67)(H,55,73)(H,57,72)(H,62,75)(H,63,68)(H,64,74)(H,69,70)/t29-,38-,42-,43-/m0/s1. The summed E-state index contributed by atoms with van der Waals surface area (Å²) in [5, 5.41) is 46.4. The zero-order valence-corrected chi connectivity index (χ0v) is 49.7. The summed E-state index contributed by atoms with van der Waals surface area (Å²) in [4.78, 5) is 127. The van der Waals surface area contributed by atoms with Gasteiger partial charge in [-0.3, -0.25) is 34.1 Å². The van der Waals surface area contributed by atoms with E-state index < -0.39 is 72.4 Å². The molecule has 0 saturated heterocycles. The molecule has 10 bridgehead atoms. The van der Waals surface area contributed by atoms with Gasteiger partial charge in [-0.1, -0.05) is 44.2 Å². The normalized spacial score (nSPS) is 16.3. The smallest absolute Gasteiger partial charge is 0.412 e. The number of hydrogen-bond donors (Lipinski definition) is 8. The van der Waals surface area contributed by atoms with Crippen LogP contribution >= 0.6 is 68.0 Å². The molecular formula is C53H53N13O11S6. The van der Waals surface area contributed by atoms with E-state index in [0.717, 1.165) is 34.0 Å². The van der Waals surface area contributed by atoms with Crippen molar-refractivity contribution in [2.45, 2.75) is 77.3 Å². The minimum absolute atomic E-state index is 0.00255. The van der Waals surface area contributed by atoms with Gasteiger partial charge in [-0.2, -0.15) is 0 Å². The Labute approximate surface area is 497 Å². The molecule has 8 heterocycles. The molecule has 0 aliphatic carbocycles. The van der Waals surface area contributed by atoms with Crippen LogP contribution in [0.1, 0.15) is 126 Å². The molecule has 8 N–H and O–H groups in total. The van der Waals surface area contributed by atoms with Crippen molar-refractivity contribution in [2.75, 3.05) is 32.6 Å². The summed E-state index contributed by atoms with van der Waals surface area (Å²) in [5.41, 5.74) is 2.57. The number of unbranched alkanes of at least 4 members (excludes halogenated alkanes) is 1. The van der Waals surface area contributed by atoms with Crippen LogP contribution in [0.25, 0.3) is 43.4 Å². The first-order valence-corrected chi connectivity index (χ1v) is 30.7. The summed E-state index contributed by atoms with van der Waals surface area (Å²) >= 11 is 7.08. The van der Waals surface area contributed by atoms with Gasteiger partial charge in [-0.05, 0) is 43.4 Å². The maximum atomic E-state index is 14.3. The number of methoxy groups -OCH3 is 1. The maximum absolute atomic E-state index is 14.3. The number of aliphatic carboxylic acids is 1. The molecular weight excluding hydrogens is 1190 g/mol. The Bertz CT molecular complexity index is 3690. The van der Waals surface area contributed by atoms with Crippen molar-refractivity contribution in [3.05, 3.63) is 111 Å². The Morgan fingerprint density at radius 2 is 1.43 bits per heavy atom. The molecule has 9 rings (SSSR count). The Morgan fingerprint density at radius 1 is 0.711 bits per heavy atom. The number of pyridine rings is 1. The van der Waals surface area contributed by atoms with Gasteiger partial charge >= 0.3 is 12.1 Å². The second-order valence-electron chi connectivity index (χ2n) is 18.8. The number of carbonyl (C=O) groups excluding carboxylic acids is 6. The van der Waals surface area contributed by atoms with E-state index in [0.29, 0.717) is 81.5 Å². The monoisotopic (exact) mass is 1240 g/mol. The Kier molecular flexibility index (Phi) is 19.5. The second-order valence-corrected chi connectivity index (χ2v) is 24.6. The molecule has 0 unspecified atom stereocenters. The van der Waals surface area contributed by atoms with Crippen LogP contribution in [0.4, 0.5) is 10.6 Å². The molecule has 1 aromatic carbocycles. The highest BCUT2D eigenvalue weighted by Gasteiger charge is 2.33. The summed E-state index contributed by atoms with van der Waals surface area (Å²) in [6, 6.07) is 9.39. The van der Waals surface area contributed by atoms with Gasteiger partial charge < -0.3 is 46.3 Å². The molecule has 1 aliphatic heterocycles. The molecule has 6 amide bonds. The highest BCUT2D eigenvalue weighted by molar-refractivity contribution is 7.15. The van der Waals surface area contributed by atoms with Crippen molar-refractivity contribution >= 4 is 115 Å². The molecule has 0 spiro atoms. The average molecular weight is 1240 g/mol. The van der Waals surface area contributed by atoms with Gasteiger partial charge in [-0.15, -0.1) is 68.0 Å². The Morgan fingerprint density at radius 3 is 2.19 bits per heavy atom. The molecule has 8 aromatic rings. The van der Waals surface area contributed by atoms with Gasteiger partial charge in [0.1, 0.15) is 82.2 Å². The lowest BCUT2D eigenvalue weighted by atomic mass is 10.0. The van der Waals surface area contributed by atoms with Gasteiger partial charge in [0, 0.05) is 52.5 Å². The largest absolute Gasteiger partial charge is 0.481 e. The molecule has 30 heteroatoms. The van der Waals surface area contributed by atoms with Gasteiger partial charge in [0.15, 0.2) is 0 Å². The number of amides is 6. The van der Waals surface area contributed by atoms with Crippen molar-refractivity contribution < 1.29 is 53.2 Å². The van der Waals surface area contributed by atoms with Crippen LogP contribution in [0, 0.1) is 12.8 Å². The second kappa shape index (κ2) is 27.0. The summed E-state index contributed by atoms with van der Waals surface area (Å²) in [5.74, 6) is -3.92. The summed E-state index contributed by atoms with van der Waals surface area (Å²) in [6.45, 7) is 4.95. The van der Waals surface area contributed by atoms with Crippen LogP contribution in [-0.4, -0.2) is 114 Å². The summed E-state index contributed by atoms with van der Waals surface area (Å²) in [6.07, 6.45) is -1.61. The van der Waals surface area contributed by atoms with Crippen LogP contribution in [-0.2, 0) is 30.5 Å². The van der Waals surface area contributed by atoms with E-state index in [1.54, 1.807) is 70.9 Å². The van der Waals surface area contributed by atoms with Gasteiger partial charge in [0.05, 0.1) is 48.8 Å². The Hall–Kier alpha value is -7.84. The quantitative estimate of drug-likeness (QED) is 0.0476. The van der Waals surface area contributed by atoms with E-state index in [9.17, 15) is 38.7 Å². The predicted molar refractivity (Wildman–Crippen MR) is 313 cm³/mol. The van der Waals surface area contributed by atoms with Crippen LogP contribution in [0.5, 0.6) is 0 Å². The van der Waals surface area contributed by atoms with Gasteiger partial charge in [-0.25, -0.2) is 39.7 Å². The van der Waals surface area contributed by atoms with Crippen LogP contribution in [0.15, 0.2) is 64.0 Å². The topological polar surface area (TPSA) is 341 Å². The number of carboxylic acid groups (broad SMARTS) is 1. The number of benzene rings is 1. The summed E-state index contributed by atoms with van der Waals surface area (Å²) in [7, 11) is 2.93. The third kappa shape index (κ3) is 14.5. The highest BCUT2D eigenvalue weighted by atomic mass is 32.1. The maximum Gasteiger partial charge on any atom is 0.412 e. The molecule has 4 atom stereocenters. The number of nitrogens with zero attached hydrogens (tertiary/aromatic N) is 7. The number of anilines is 1. The van der Waals surface area contributed by atoms with Crippen LogP contribution in [0.3, 0.4) is 0 Å². The average Bonchev–Trinajstić information content (AvgIpc) is 4.45.